The molecule has 2 aliphatic rings. The van der Waals surface area contributed by atoms with Crippen molar-refractivity contribution in [1.82, 2.24) is 4.90 Å². The predicted octanol–water partition coefficient (Wildman–Crippen LogP) is 4.30. The molecule has 11 heteroatoms. The number of β-lactam (4-membered cyclic amide) rings is 1. The van der Waals surface area contributed by atoms with Crippen molar-refractivity contribution in [2.75, 3.05) is 23.0 Å². The number of rotatable bonds is 12. The van der Waals surface area contributed by atoms with Gasteiger partial charge in [0.2, 0.25) is 11.8 Å². The van der Waals surface area contributed by atoms with Crippen LogP contribution in [0.15, 0.2) is 84.9 Å². The third-order valence-electron chi connectivity index (χ3n) is 8.31. The zero-order valence-electron chi connectivity index (χ0n) is 25.6. The molecule has 10 nitrogen and oxygen atoms in total. The molecule has 46 heavy (non-hydrogen) atoms. The van der Waals surface area contributed by atoms with Crippen molar-refractivity contribution in [2.24, 2.45) is 5.92 Å². The minimum atomic E-state index is -1.93. The van der Waals surface area contributed by atoms with Crippen LogP contribution >= 0.6 is 11.6 Å². The van der Waals surface area contributed by atoms with E-state index in [1.54, 1.807) is 66.4 Å². The van der Waals surface area contributed by atoms with Crippen molar-refractivity contribution in [1.29, 1.82) is 0 Å². The minimum Gasteiger partial charge on any atom is -0.441 e. The van der Waals surface area contributed by atoms with Gasteiger partial charge in [-0.3, -0.25) is 24.1 Å². The Balaban J connectivity index is 1.30. The third-order valence-corrected chi connectivity index (χ3v) is 8.54. The number of hydrogen-bond acceptors (Lipinski definition) is 7. The van der Waals surface area contributed by atoms with Crippen LogP contribution in [0.3, 0.4) is 0 Å². The number of carbonyl (C=O) groups is 4. The molecule has 1 unspecified atom stereocenters. The molecular weight excluding hydrogens is 610 g/mol. The average Bonchev–Trinajstić information content (AvgIpc) is 3.23. The van der Waals surface area contributed by atoms with Gasteiger partial charge in [-0.1, -0.05) is 73.1 Å². The molecule has 2 N–H and O–H groups in total. The minimum absolute atomic E-state index is 0.0255. The molecular formula is C35H36ClN3O7. The molecule has 3 atom stereocenters. The Kier molecular flexibility index (Phi) is 9.91. The van der Waals surface area contributed by atoms with Crippen LogP contribution in [-0.2, 0) is 42.6 Å². The molecule has 5 rings (SSSR count). The van der Waals surface area contributed by atoms with Crippen LogP contribution in [0.5, 0.6) is 0 Å². The number of hydrogen-bond donors (Lipinski definition) is 2. The molecule has 3 amide bonds. The first-order valence-corrected chi connectivity index (χ1v) is 15.4. The van der Waals surface area contributed by atoms with Crippen LogP contribution in [-0.4, -0.2) is 58.2 Å². The fraction of sp³-hybridized carbons (Fsp3) is 0.314. The maximum absolute atomic E-state index is 13.9. The second-order valence-corrected chi connectivity index (χ2v) is 11.9. The molecule has 3 aromatic rings. The SMILES string of the molecule is CC(=O)OC1CC(=O)N1c1ccc(CN2C(=O)[C@](O)([C@H](C)/C=C/CC(=O)N(CCO)Cc3ccccc3)c3cc(Cl)ccc32)cc1. The summed E-state index contributed by atoms with van der Waals surface area (Å²) in [5, 5.41) is 21.8. The fourth-order valence-corrected chi connectivity index (χ4v) is 6.03. The first-order valence-electron chi connectivity index (χ1n) is 15.0. The van der Waals surface area contributed by atoms with E-state index in [9.17, 15) is 29.4 Å². The van der Waals surface area contributed by atoms with E-state index in [1.807, 2.05) is 30.3 Å². The second kappa shape index (κ2) is 13.9. The van der Waals surface area contributed by atoms with Crippen LogP contribution in [0.4, 0.5) is 11.4 Å². The van der Waals surface area contributed by atoms with Gasteiger partial charge in [0.1, 0.15) is 0 Å². The largest absolute Gasteiger partial charge is 0.441 e. The van der Waals surface area contributed by atoms with Crippen LogP contribution in [0.2, 0.25) is 5.02 Å². The highest BCUT2D eigenvalue weighted by Crippen LogP contribution is 2.47. The number of aliphatic hydroxyl groups excluding tert-OH is 1. The molecule has 0 radical (unpaired) electrons. The van der Waals surface area contributed by atoms with Crippen molar-refractivity contribution < 1.29 is 34.1 Å². The first kappa shape index (κ1) is 32.9. The molecule has 2 aliphatic heterocycles. The van der Waals surface area contributed by atoms with E-state index in [0.717, 1.165) is 11.1 Å². The van der Waals surface area contributed by atoms with Gasteiger partial charge in [0, 0.05) is 48.6 Å². The summed E-state index contributed by atoms with van der Waals surface area (Å²) in [6.07, 6.45) is 2.80. The summed E-state index contributed by atoms with van der Waals surface area (Å²) in [5.74, 6) is -2.07. The number of benzene rings is 3. The van der Waals surface area contributed by atoms with Gasteiger partial charge in [0.05, 0.1) is 25.3 Å². The monoisotopic (exact) mass is 645 g/mol. The lowest BCUT2D eigenvalue weighted by molar-refractivity contribution is -0.154. The summed E-state index contributed by atoms with van der Waals surface area (Å²) >= 11 is 6.32. The predicted molar refractivity (Wildman–Crippen MR) is 173 cm³/mol. The Bertz CT molecular complexity index is 1650. The van der Waals surface area contributed by atoms with E-state index < -0.39 is 29.6 Å². The van der Waals surface area contributed by atoms with Crippen LogP contribution in [0, 0.1) is 5.92 Å². The van der Waals surface area contributed by atoms with Crippen LogP contribution in [0.25, 0.3) is 0 Å². The standard InChI is InChI=1S/C35H36ClN3O7/c1-23(7-6-10-31(42)37(17-18-40)21-25-8-4-3-5-9-25)35(45)29-19-27(36)13-16-30(29)38(34(35)44)22-26-11-14-28(15-12-26)39-32(43)20-33(39)46-24(2)41/h3-9,11-16,19,23,33,40,45H,10,17-18,20-22H2,1-2H3/b7-6+/t23-,33?,35+/m1/s1. The quantitative estimate of drug-likeness (QED) is 0.171. The average molecular weight is 646 g/mol. The molecule has 0 aromatic heterocycles. The lowest BCUT2D eigenvalue weighted by Gasteiger charge is -2.39. The molecule has 0 saturated carbocycles. The van der Waals surface area contributed by atoms with E-state index in [0.29, 0.717) is 28.5 Å². The fourth-order valence-electron chi connectivity index (χ4n) is 5.86. The maximum Gasteiger partial charge on any atom is 0.304 e. The van der Waals surface area contributed by atoms with Crippen molar-refractivity contribution in [2.45, 2.75) is 51.6 Å². The lowest BCUT2D eigenvalue weighted by Crippen LogP contribution is -2.54. The van der Waals surface area contributed by atoms with Gasteiger partial charge in [0.25, 0.3) is 5.91 Å². The number of fused-ring (bicyclic) bond motifs is 1. The summed E-state index contributed by atoms with van der Waals surface area (Å²) in [6.45, 7) is 3.51. The second-order valence-electron chi connectivity index (χ2n) is 11.5. The molecule has 0 bridgehead atoms. The summed E-state index contributed by atoms with van der Waals surface area (Å²) in [4.78, 5) is 55.0. The van der Waals surface area contributed by atoms with E-state index in [2.05, 4.69) is 0 Å². The third kappa shape index (κ3) is 6.69. The molecule has 1 saturated heterocycles. The highest BCUT2D eigenvalue weighted by molar-refractivity contribution is 6.31. The first-order chi connectivity index (χ1) is 22.0. The van der Waals surface area contributed by atoms with E-state index in [1.165, 1.54) is 16.7 Å². The number of carbonyl (C=O) groups excluding carboxylic acids is 4. The number of amides is 3. The highest BCUT2D eigenvalue weighted by atomic mass is 35.5. The van der Waals surface area contributed by atoms with Crippen molar-refractivity contribution >= 4 is 46.7 Å². The summed E-state index contributed by atoms with van der Waals surface area (Å²) in [6, 6.07) is 21.4. The molecule has 0 aliphatic carbocycles. The van der Waals surface area contributed by atoms with Crippen molar-refractivity contribution in [3.8, 4) is 0 Å². The Morgan fingerprint density at radius 2 is 1.80 bits per heavy atom. The van der Waals surface area contributed by atoms with E-state index >= 15 is 0 Å². The van der Waals surface area contributed by atoms with E-state index in [-0.39, 0.29) is 44.4 Å². The highest BCUT2D eigenvalue weighted by Gasteiger charge is 2.52. The number of anilines is 2. The maximum atomic E-state index is 13.9. The van der Waals surface area contributed by atoms with Gasteiger partial charge in [-0.2, -0.15) is 0 Å². The number of esters is 1. The number of nitrogens with zero attached hydrogens (tertiary/aromatic N) is 3. The van der Waals surface area contributed by atoms with Crippen molar-refractivity contribution in [3.05, 3.63) is 107 Å². The smallest absolute Gasteiger partial charge is 0.304 e. The summed E-state index contributed by atoms with van der Waals surface area (Å²) < 4.78 is 5.20. The Labute approximate surface area is 272 Å². The van der Waals surface area contributed by atoms with Gasteiger partial charge < -0.3 is 24.7 Å². The van der Waals surface area contributed by atoms with Gasteiger partial charge in [0.15, 0.2) is 11.8 Å². The number of ether oxygens (including phenoxy) is 1. The van der Waals surface area contributed by atoms with Gasteiger partial charge >= 0.3 is 5.97 Å². The number of halogens is 1. The molecule has 240 valence electrons. The van der Waals surface area contributed by atoms with Gasteiger partial charge in [-0.15, -0.1) is 0 Å². The van der Waals surface area contributed by atoms with Crippen LogP contribution in [0.1, 0.15) is 43.4 Å². The zero-order chi connectivity index (χ0) is 33.0. The number of aliphatic hydroxyl groups is 2. The van der Waals surface area contributed by atoms with E-state index in [4.69, 9.17) is 16.3 Å². The summed E-state index contributed by atoms with van der Waals surface area (Å²) in [5.41, 5.74) is 1.20. The normalized spacial score (nSPS) is 19.6. The zero-order valence-corrected chi connectivity index (χ0v) is 26.4. The Morgan fingerprint density at radius 3 is 2.46 bits per heavy atom. The van der Waals surface area contributed by atoms with Gasteiger partial charge in [-0.05, 0) is 41.5 Å². The molecule has 2 heterocycles. The van der Waals surface area contributed by atoms with Crippen molar-refractivity contribution in [3.63, 3.8) is 0 Å². The lowest BCUT2D eigenvalue weighted by atomic mass is 9.83. The molecule has 0 spiro atoms. The topological polar surface area (TPSA) is 128 Å². The summed E-state index contributed by atoms with van der Waals surface area (Å²) in [7, 11) is 0. The Hall–Kier alpha value is -4.51. The molecule has 3 aromatic carbocycles. The Morgan fingerprint density at radius 1 is 1.09 bits per heavy atom. The molecule has 1 fully saturated rings. The van der Waals surface area contributed by atoms with Gasteiger partial charge in [-0.25, -0.2) is 0 Å². The van der Waals surface area contributed by atoms with Crippen LogP contribution < -0.4 is 9.80 Å².